The first kappa shape index (κ1) is 26.9. The molecule has 4 aromatic rings. The van der Waals surface area contributed by atoms with E-state index in [0.717, 1.165) is 11.3 Å². The summed E-state index contributed by atoms with van der Waals surface area (Å²) >= 11 is 1.09. The largest absolute Gasteiger partial charge is 0.466 e. The second-order valence-corrected chi connectivity index (χ2v) is 10.4. The number of benzene rings is 2. The van der Waals surface area contributed by atoms with Crippen LogP contribution in [0, 0.1) is 0 Å². The number of carbonyl (C=O) groups excluding carboxylic acids is 3. The molecule has 0 radical (unpaired) electrons. The number of hydrogen-bond donors (Lipinski definition) is 0. The summed E-state index contributed by atoms with van der Waals surface area (Å²) in [7, 11) is 1.26. The number of fused-ring (bicyclic) bond motifs is 2. The molecule has 210 valence electrons. The third kappa shape index (κ3) is 4.31. The highest BCUT2D eigenvalue weighted by Crippen LogP contribution is 2.35. The van der Waals surface area contributed by atoms with Gasteiger partial charge in [0.2, 0.25) is 5.76 Å². The van der Waals surface area contributed by atoms with Crippen LogP contribution in [0.25, 0.3) is 5.57 Å². The lowest BCUT2D eigenvalue weighted by Crippen LogP contribution is -2.40. The molecule has 2 aromatic carbocycles. The van der Waals surface area contributed by atoms with E-state index in [2.05, 4.69) is 11.6 Å². The number of aromatic nitrogens is 1. The van der Waals surface area contributed by atoms with Gasteiger partial charge in [0.25, 0.3) is 11.5 Å². The van der Waals surface area contributed by atoms with Crippen LogP contribution in [0.2, 0.25) is 0 Å². The molecule has 0 bridgehead atoms. The molecular weight excluding hydrogens is 558 g/mol. The molecule has 0 saturated heterocycles. The molecule has 6 rings (SSSR count). The smallest absolute Gasteiger partial charge is 0.379 e. The number of ether oxygens (including phenoxy) is 2. The highest BCUT2D eigenvalue weighted by atomic mass is 32.1. The van der Waals surface area contributed by atoms with Crippen molar-refractivity contribution < 1.29 is 28.3 Å². The highest BCUT2D eigenvalue weighted by Gasteiger charge is 2.37. The number of carbonyl (C=O) groups is 3. The molecule has 0 fully saturated rings. The molecule has 2 aromatic heterocycles. The van der Waals surface area contributed by atoms with Crippen molar-refractivity contribution in [2.75, 3.05) is 18.6 Å². The van der Waals surface area contributed by atoms with Gasteiger partial charge in [0, 0.05) is 12.1 Å². The summed E-state index contributed by atoms with van der Waals surface area (Å²) in [4.78, 5) is 59.6. The Balaban J connectivity index is 1.51. The number of allylic oxidation sites excluding steroid dienone is 1. The van der Waals surface area contributed by atoms with Gasteiger partial charge in [-0.3, -0.25) is 14.2 Å². The predicted octanol–water partition coefficient (Wildman–Crippen LogP) is 3.12. The number of hydrogen-bond acceptors (Lipinski definition) is 9. The maximum absolute atomic E-state index is 14.2. The second-order valence-electron chi connectivity index (χ2n) is 9.43. The van der Waals surface area contributed by atoms with Gasteiger partial charge in [-0.25, -0.2) is 14.6 Å². The van der Waals surface area contributed by atoms with Gasteiger partial charge in [-0.15, -0.1) is 6.58 Å². The van der Waals surface area contributed by atoms with Crippen LogP contribution < -0.4 is 24.5 Å². The van der Waals surface area contributed by atoms with Crippen LogP contribution in [0.5, 0.6) is 5.75 Å². The molecule has 2 aliphatic rings. The zero-order valence-electron chi connectivity index (χ0n) is 22.5. The van der Waals surface area contributed by atoms with E-state index in [-0.39, 0.29) is 39.6 Å². The molecule has 0 N–H and O–H groups in total. The highest BCUT2D eigenvalue weighted by molar-refractivity contribution is 7.07. The number of amides is 1. The van der Waals surface area contributed by atoms with E-state index < -0.39 is 23.5 Å². The number of para-hydroxylation sites is 1. The van der Waals surface area contributed by atoms with Crippen molar-refractivity contribution in [3.05, 3.63) is 127 Å². The Morgan fingerprint density at radius 3 is 2.52 bits per heavy atom. The van der Waals surface area contributed by atoms with E-state index in [1.807, 2.05) is 18.2 Å². The molecule has 1 atom stereocenters. The predicted molar refractivity (Wildman–Crippen MR) is 154 cm³/mol. The van der Waals surface area contributed by atoms with Crippen LogP contribution in [-0.4, -0.2) is 36.1 Å². The van der Waals surface area contributed by atoms with Gasteiger partial charge < -0.3 is 18.8 Å². The Kier molecular flexibility index (Phi) is 6.79. The van der Waals surface area contributed by atoms with Gasteiger partial charge in [0.15, 0.2) is 4.80 Å². The molecule has 0 unspecified atom stereocenters. The number of thiazole rings is 1. The van der Waals surface area contributed by atoms with Gasteiger partial charge in [-0.2, -0.15) is 0 Å². The van der Waals surface area contributed by atoms with Gasteiger partial charge in [0.05, 0.1) is 41.9 Å². The summed E-state index contributed by atoms with van der Waals surface area (Å²) in [6.45, 7) is 5.70. The van der Waals surface area contributed by atoms with Gasteiger partial charge in [0.1, 0.15) is 10.3 Å². The Bertz CT molecular complexity index is 1980. The lowest BCUT2D eigenvalue weighted by atomic mass is 9.96. The minimum Gasteiger partial charge on any atom is -0.466 e. The lowest BCUT2D eigenvalue weighted by Gasteiger charge is -2.24. The molecule has 0 spiro atoms. The van der Waals surface area contributed by atoms with Crippen molar-refractivity contribution >= 4 is 40.4 Å². The van der Waals surface area contributed by atoms with E-state index in [9.17, 15) is 19.2 Å². The van der Waals surface area contributed by atoms with E-state index in [0.29, 0.717) is 27.3 Å². The van der Waals surface area contributed by atoms with Gasteiger partial charge in [-0.1, -0.05) is 47.7 Å². The average Bonchev–Trinajstić information content (AvgIpc) is 3.70. The van der Waals surface area contributed by atoms with Crippen molar-refractivity contribution in [1.82, 2.24) is 4.57 Å². The van der Waals surface area contributed by atoms with Crippen LogP contribution in [0.15, 0.2) is 105 Å². The van der Waals surface area contributed by atoms with E-state index in [4.69, 9.17) is 13.9 Å². The van der Waals surface area contributed by atoms with Crippen LogP contribution in [0.1, 0.15) is 34.6 Å². The van der Waals surface area contributed by atoms with Crippen molar-refractivity contribution in [3.63, 3.8) is 0 Å². The summed E-state index contributed by atoms with van der Waals surface area (Å²) in [5.74, 6) is -1.34. The number of anilines is 1. The molecule has 42 heavy (non-hydrogen) atoms. The van der Waals surface area contributed by atoms with E-state index in [1.165, 1.54) is 24.0 Å². The normalized spacial score (nSPS) is 17.0. The number of methoxy groups -OCH3 is 1. The second kappa shape index (κ2) is 10.6. The average molecular weight is 582 g/mol. The molecule has 2 aliphatic heterocycles. The van der Waals surface area contributed by atoms with Crippen LogP contribution in [-0.2, 0) is 14.3 Å². The zero-order chi connectivity index (χ0) is 29.5. The first-order valence-corrected chi connectivity index (χ1v) is 13.7. The molecule has 0 aliphatic carbocycles. The Morgan fingerprint density at radius 2 is 1.83 bits per heavy atom. The Morgan fingerprint density at radius 1 is 1.07 bits per heavy atom. The van der Waals surface area contributed by atoms with Crippen molar-refractivity contribution in [2.45, 2.75) is 13.0 Å². The van der Waals surface area contributed by atoms with E-state index >= 15 is 0 Å². The Hall–Kier alpha value is -5.29. The van der Waals surface area contributed by atoms with Crippen LogP contribution >= 0.6 is 11.3 Å². The van der Waals surface area contributed by atoms with Crippen LogP contribution in [0.3, 0.4) is 0 Å². The first-order valence-electron chi connectivity index (χ1n) is 12.8. The standard InChI is InChI=1S/C31H23N3O7S/c1-4-15-33-21-9-6-5-8-20(21)24(27(33)35)26-28(36)34-25(23(30(38)39-3)17(2)32-31(34)42-26)18-11-13-19(14-12-18)41-29(37)22-10-7-16-40-22/h4-14,16,25H,1,15H2,2-3H3/b26-24-/t25-/m0/s1. The van der Waals surface area contributed by atoms with Crippen molar-refractivity contribution in [3.8, 4) is 5.75 Å². The minimum absolute atomic E-state index is 0.0497. The fraction of sp³-hybridized carbons (Fsp3) is 0.129. The quantitative estimate of drug-likeness (QED) is 0.195. The number of nitrogens with zero attached hydrogens (tertiary/aromatic N) is 3. The molecular formula is C31H23N3O7S. The minimum atomic E-state index is -0.908. The third-order valence-corrected chi connectivity index (χ3v) is 8.05. The third-order valence-electron chi connectivity index (χ3n) is 6.99. The Labute approximate surface area is 242 Å². The van der Waals surface area contributed by atoms with Crippen LogP contribution in [0.4, 0.5) is 5.69 Å². The maximum atomic E-state index is 14.2. The fourth-order valence-corrected chi connectivity index (χ4v) is 6.28. The summed E-state index contributed by atoms with van der Waals surface area (Å²) in [5.41, 5.74) is 2.23. The molecule has 4 heterocycles. The number of esters is 2. The molecule has 0 saturated carbocycles. The molecule has 10 nitrogen and oxygen atoms in total. The maximum Gasteiger partial charge on any atom is 0.379 e. The number of rotatable bonds is 6. The molecule has 11 heteroatoms. The topological polar surface area (TPSA) is 120 Å². The number of furan rings is 1. The zero-order valence-corrected chi connectivity index (χ0v) is 23.3. The summed E-state index contributed by atoms with van der Waals surface area (Å²) in [6, 6.07) is 15.8. The fourth-order valence-electron chi connectivity index (χ4n) is 5.14. The van der Waals surface area contributed by atoms with Crippen molar-refractivity contribution in [2.24, 2.45) is 4.99 Å². The summed E-state index contributed by atoms with van der Waals surface area (Å²) < 4.78 is 17.2. The summed E-state index contributed by atoms with van der Waals surface area (Å²) in [6.07, 6.45) is 3.00. The SMILES string of the molecule is C=CCN1C(=O)/C(=c2\sc3n(c2=O)[C@@H](c2ccc(OC(=O)c4ccco4)cc2)C(C(=O)OC)=C(C)N=3)c2ccccc21. The van der Waals surface area contributed by atoms with Gasteiger partial charge in [-0.05, 0) is 42.8 Å². The first-order chi connectivity index (χ1) is 20.3. The molecule has 1 amide bonds. The monoisotopic (exact) mass is 581 g/mol. The lowest BCUT2D eigenvalue weighted by molar-refractivity contribution is -0.136. The summed E-state index contributed by atoms with van der Waals surface area (Å²) in [5, 5.41) is 0. The van der Waals surface area contributed by atoms with Gasteiger partial charge >= 0.3 is 11.9 Å². The van der Waals surface area contributed by atoms with Crippen molar-refractivity contribution in [1.29, 1.82) is 0 Å². The van der Waals surface area contributed by atoms with E-state index in [1.54, 1.807) is 54.3 Å².